The average Bonchev–Trinajstić information content (AvgIpc) is 2.35. The van der Waals surface area contributed by atoms with Crippen LogP contribution in [0.2, 0.25) is 0 Å². The fraction of sp³-hybridized carbons (Fsp3) is 0.467. The SMILES string of the molecule is CCN(Cc1cccc(F)c1)C(=O)CC(C)(C)C(=O)O. The number of amides is 1. The number of hydrogen-bond donors (Lipinski definition) is 1. The van der Waals surface area contributed by atoms with E-state index >= 15 is 0 Å². The minimum atomic E-state index is -1.10. The molecule has 0 fully saturated rings. The Morgan fingerprint density at radius 2 is 2.00 bits per heavy atom. The first-order chi connectivity index (χ1) is 9.26. The fourth-order valence-electron chi connectivity index (χ4n) is 1.80. The van der Waals surface area contributed by atoms with Crippen molar-refractivity contribution in [3.63, 3.8) is 0 Å². The number of benzene rings is 1. The van der Waals surface area contributed by atoms with Crippen LogP contribution in [0, 0.1) is 11.2 Å². The summed E-state index contributed by atoms with van der Waals surface area (Å²) in [5, 5.41) is 9.05. The molecular formula is C15H20FNO3. The maximum atomic E-state index is 13.1. The second-order valence-electron chi connectivity index (χ2n) is 5.40. The van der Waals surface area contributed by atoms with Gasteiger partial charge in [0.15, 0.2) is 0 Å². The molecule has 0 unspecified atom stereocenters. The molecule has 0 saturated carbocycles. The Morgan fingerprint density at radius 3 is 2.50 bits per heavy atom. The molecule has 1 aromatic carbocycles. The molecule has 0 radical (unpaired) electrons. The van der Waals surface area contributed by atoms with E-state index in [1.807, 2.05) is 6.92 Å². The van der Waals surface area contributed by atoms with Gasteiger partial charge in [0, 0.05) is 19.5 Å². The van der Waals surface area contributed by atoms with E-state index in [-0.39, 0.29) is 24.7 Å². The Kier molecular flexibility index (Phi) is 5.25. The van der Waals surface area contributed by atoms with Crippen molar-refractivity contribution in [3.05, 3.63) is 35.6 Å². The van der Waals surface area contributed by atoms with Crippen molar-refractivity contribution in [2.45, 2.75) is 33.7 Å². The van der Waals surface area contributed by atoms with Crippen LogP contribution in [-0.4, -0.2) is 28.4 Å². The van der Waals surface area contributed by atoms with E-state index < -0.39 is 11.4 Å². The van der Waals surface area contributed by atoms with Gasteiger partial charge in [-0.3, -0.25) is 9.59 Å². The van der Waals surface area contributed by atoms with Crippen molar-refractivity contribution in [1.29, 1.82) is 0 Å². The molecule has 0 aromatic heterocycles. The van der Waals surface area contributed by atoms with Gasteiger partial charge in [-0.25, -0.2) is 4.39 Å². The third-order valence-electron chi connectivity index (χ3n) is 3.17. The predicted molar refractivity (Wildman–Crippen MR) is 73.5 cm³/mol. The average molecular weight is 281 g/mol. The van der Waals surface area contributed by atoms with Gasteiger partial charge in [0.1, 0.15) is 5.82 Å². The van der Waals surface area contributed by atoms with E-state index in [0.717, 1.165) is 0 Å². The number of carbonyl (C=O) groups is 2. The van der Waals surface area contributed by atoms with Gasteiger partial charge in [0.05, 0.1) is 5.41 Å². The lowest BCUT2D eigenvalue weighted by atomic mass is 9.89. The van der Waals surface area contributed by atoms with Gasteiger partial charge in [0.25, 0.3) is 0 Å². The lowest BCUT2D eigenvalue weighted by Crippen LogP contribution is -2.36. The highest BCUT2D eigenvalue weighted by Gasteiger charge is 2.31. The smallest absolute Gasteiger partial charge is 0.309 e. The maximum absolute atomic E-state index is 13.1. The van der Waals surface area contributed by atoms with E-state index in [1.165, 1.54) is 30.9 Å². The lowest BCUT2D eigenvalue weighted by Gasteiger charge is -2.25. The largest absolute Gasteiger partial charge is 0.481 e. The molecule has 0 bridgehead atoms. The van der Waals surface area contributed by atoms with E-state index in [9.17, 15) is 14.0 Å². The first kappa shape index (κ1) is 16.1. The Labute approximate surface area is 118 Å². The lowest BCUT2D eigenvalue weighted by molar-refractivity contribution is -0.151. The van der Waals surface area contributed by atoms with Crippen LogP contribution in [0.1, 0.15) is 32.8 Å². The first-order valence-corrected chi connectivity index (χ1v) is 6.52. The third kappa shape index (κ3) is 4.33. The summed E-state index contributed by atoms with van der Waals surface area (Å²) in [6.07, 6.45) is -0.0779. The highest BCUT2D eigenvalue weighted by molar-refractivity contribution is 5.84. The summed E-state index contributed by atoms with van der Waals surface area (Å²) >= 11 is 0. The number of hydrogen-bond acceptors (Lipinski definition) is 2. The molecule has 1 rings (SSSR count). The number of rotatable bonds is 6. The van der Waals surface area contributed by atoms with Crippen molar-refractivity contribution in [3.8, 4) is 0 Å². The number of halogens is 1. The van der Waals surface area contributed by atoms with Crippen LogP contribution < -0.4 is 0 Å². The Balaban J connectivity index is 2.76. The number of nitrogens with zero attached hydrogens (tertiary/aromatic N) is 1. The summed E-state index contributed by atoms with van der Waals surface area (Å²) in [4.78, 5) is 24.7. The molecule has 4 nitrogen and oxygen atoms in total. The summed E-state index contributed by atoms with van der Waals surface area (Å²) < 4.78 is 13.1. The number of carboxylic acids is 1. The molecule has 5 heteroatoms. The predicted octanol–water partition coefficient (Wildman–Crippen LogP) is 2.68. The molecule has 1 N–H and O–H groups in total. The molecule has 110 valence electrons. The Hall–Kier alpha value is -1.91. The summed E-state index contributed by atoms with van der Waals surface area (Å²) in [5.74, 6) is -1.60. The van der Waals surface area contributed by atoms with E-state index in [2.05, 4.69) is 0 Å². The standard InChI is InChI=1S/C15H20FNO3/c1-4-17(10-11-6-5-7-12(16)8-11)13(18)9-15(2,3)14(19)20/h5-8H,4,9-10H2,1-3H3,(H,19,20). The normalized spacial score (nSPS) is 11.2. The van der Waals surface area contributed by atoms with Crippen molar-refractivity contribution >= 4 is 11.9 Å². The monoisotopic (exact) mass is 281 g/mol. The van der Waals surface area contributed by atoms with Crippen LogP contribution in [0.15, 0.2) is 24.3 Å². The van der Waals surface area contributed by atoms with Gasteiger partial charge in [-0.2, -0.15) is 0 Å². The van der Waals surface area contributed by atoms with Crippen LogP contribution in [0.25, 0.3) is 0 Å². The van der Waals surface area contributed by atoms with Gasteiger partial charge in [-0.05, 0) is 38.5 Å². The Bertz CT molecular complexity index is 500. The molecule has 20 heavy (non-hydrogen) atoms. The van der Waals surface area contributed by atoms with Crippen LogP contribution in [0.3, 0.4) is 0 Å². The Morgan fingerprint density at radius 1 is 1.35 bits per heavy atom. The minimum absolute atomic E-state index is 0.0779. The molecular weight excluding hydrogens is 261 g/mol. The minimum Gasteiger partial charge on any atom is -0.481 e. The number of carbonyl (C=O) groups excluding carboxylic acids is 1. The molecule has 0 aliphatic rings. The fourth-order valence-corrected chi connectivity index (χ4v) is 1.80. The van der Waals surface area contributed by atoms with Crippen molar-refractivity contribution < 1.29 is 19.1 Å². The number of aliphatic carboxylic acids is 1. The van der Waals surface area contributed by atoms with Crippen molar-refractivity contribution in [2.24, 2.45) is 5.41 Å². The van der Waals surface area contributed by atoms with Gasteiger partial charge in [0.2, 0.25) is 5.91 Å². The van der Waals surface area contributed by atoms with Crippen LogP contribution in [-0.2, 0) is 16.1 Å². The van der Waals surface area contributed by atoms with Crippen LogP contribution >= 0.6 is 0 Å². The van der Waals surface area contributed by atoms with Gasteiger partial charge in [-0.1, -0.05) is 12.1 Å². The zero-order chi connectivity index (χ0) is 15.3. The molecule has 0 heterocycles. The zero-order valence-corrected chi connectivity index (χ0v) is 12.0. The van der Waals surface area contributed by atoms with E-state index in [0.29, 0.717) is 12.1 Å². The van der Waals surface area contributed by atoms with Crippen LogP contribution in [0.4, 0.5) is 4.39 Å². The number of carboxylic acid groups (broad SMARTS) is 1. The molecule has 1 amide bonds. The van der Waals surface area contributed by atoms with Crippen LogP contribution in [0.5, 0.6) is 0 Å². The summed E-state index contributed by atoms with van der Waals surface area (Å²) in [7, 11) is 0. The first-order valence-electron chi connectivity index (χ1n) is 6.52. The second-order valence-corrected chi connectivity index (χ2v) is 5.40. The van der Waals surface area contributed by atoms with Gasteiger partial charge < -0.3 is 10.0 Å². The maximum Gasteiger partial charge on any atom is 0.309 e. The van der Waals surface area contributed by atoms with Gasteiger partial charge in [-0.15, -0.1) is 0 Å². The second kappa shape index (κ2) is 6.50. The summed E-state index contributed by atoms with van der Waals surface area (Å²) in [6.45, 7) is 5.57. The molecule has 0 saturated heterocycles. The molecule has 1 aromatic rings. The molecule has 0 spiro atoms. The summed E-state index contributed by atoms with van der Waals surface area (Å²) in [6, 6.07) is 6.04. The highest BCUT2D eigenvalue weighted by atomic mass is 19.1. The van der Waals surface area contributed by atoms with Crippen molar-refractivity contribution in [2.75, 3.05) is 6.54 Å². The van der Waals surface area contributed by atoms with Gasteiger partial charge >= 0.3 is 5.97 Å². The molecule has 0 aliphatic carbocycles. The molecule has 0 atom stereocenters. The topological polar surface area (TPSA) is 57.6 Å². The highest BCUT2D eigenvalue weighted by Crippen LogP contribution is 2.22. The van der Waals surface area contributed by atoms with E-state index in [1.54, 1.807) is 12.1 Å². The zero-order valence-electron chi connectivity index (χ0n) is 12.0. The molecule has 0 aliphatic heterocycles. The van der Waals surface area contributed by atoms with Crippen molar-refractivity contribution in [1.82, 2.24) is 4.90 Å². The van der Waals surface area contributed by atoms with E-state index in [4.69, 9.17) is 5.11 Å². The quantitative estimate of drug-likeness (QED) is 0.872. The summed E-state index contributed by atoms with van der Waals surface area (Å²) in [5.41, 5.74) is -0.416. The third-order valence-corrected chi connectivity index (χ3v) is 3.17.